The lowest BCUT2D eigenvalue weighted by molar-refractivity contribution is 0.598. The molecule has 0 aliphatic rings. The first-order chi connectivity index (χ1) is 9.42. The fraction of sp³-hybridized carbons (Fsp3) is 0.167. The number of benzene rings is 1. The quantitative estimate of drug-likeness (QED) is 0.813. The van der Waals surface area contributed by atoms with Crippen LogP contribution in [0.4, 0.5) is 5.69 Å². The summed E-state index contributed by atoms with van der Waals surface area (Å²) in [6.07, 6.45) is 2.95. The molecule has 6 nitrogen and oxygen atoms in total. The lowest BCUT2D eigenvalue weighted by Crippen LogP contribution is -2.14. The highest BCUT2D eigenvalue weighted by Crippen LogP contribution is 2.15. The number of aromatic nitrogens is 2. The van der Waals surface area contributed by atoms with Crippen molar-refractivity contribution in [2.75, 3.05) is 4.72 Å². The third-order valence-electron chi connectivity index (χ3n) is 2.67. The van der Waals surface area contributed by atoms with Crippen LogP contribution in [0.15, 0.2) is 41.8 Å². The third kappa shape index (κ3) is 3.14. The summed E-state index contributed by atoms with van der Waals surface area (Å²) < 4.78 is 28.4. The molecule has 1 heterocycles. The molecule has 3 N–H and O–H groups in total. The fourth-order valence-corrected chi connectivity index (χ4v) is 2.71. The van der Waals surface area contributed by atoms with Crippen molar-refractivity contribution in [1.29, 1.82) is 0 Å². The minimum absolute atomic E-state index is 0.0160. The van der Waals surface area contributed by atoms with Crippen LogP contribution in [0.3, 0.4) is 0 Å². The third-order valence-corrected chi connectivity index (χ3v) is 4.17. The number of imidazole rings is 1. The number of nitrogens with zero attached hydrogens (tertiary/aromatic N) is 2. The average molecular weight is 310 g/mol. The van der Waals surface area contributed by atoms with E-state index >= 15 is 0 Å². The SMILES string of the molecule is CCn1cnc(S(=O)(=O)Nc2ccc(C(N)=S)cc2)c1. The van der Waals surface area contributed by atoms with Gasteiger partial charge in [0.2, 0.25) is 0 Å². The van der Waals surface area contributed by atoms with Crippen LogP contribution in [0.25, 0.3) is 0 Å². The highest BCUT2D eigenvalue weighted by molar-refractivity contribution is 7.92. The largest absolute Gasteiger partial charge is 0.389 e. The zero-order chi connectivity index (χ0) is 14.8. The number of anilines is 1. The molecule has 20 heavy (non-hydrogen) atoms. The minimum atomic E-state index is -3.68. The molecule has 0 unspecified atom stereocenters. The van der Waals surface area contributed by atoms with Crippen molar-refractivity contribution >= 4 is 32.9 Å². The van der Waals surface area contributed by atoms with Gasteiger partial charge in [0.25, 0.3) is 10.0 Å². The van der Waals surface area contributed by atoms with Gasteiger partial charge in [0.15, 0.2) is 5.03 Å². The Bertz CT molecular complexity index is 720. The zero-order valence-corrected chi connectivity index (χ0v) is 12.4. The van der Waals surface area contributed by atoms with Crippen molar-refractivity contribution in [1.82, 2.24) is 9.55 Å². The van der Waals surface area contributed by atoms with E-state index in [9.17, 15) is 8.42 Å². The van der Waals surface area contributed by atoms with Gasteiger partial charge in [0, 0.05) is 24.0 Å². The number of nitrogens with two attached hydrogens (primary N) is 1. The van der Waals surface area contributed by atoms with E-state index in [2.05, 4.69) is 9.71 Å². The Balaban J connectivity index is 2.21. The van der Waals surface area contributed by atoms with Crippen molar-refractivity contribution in [2.24, 2.45) is 5.73 Å². The predicted molar refractivity (Wildman–Crippen MR) is 81.0 cm³/mol. The van der Waals surface area contributed by atoms with Crippen LogP contribution in [0.1, 0.15) is 12.5 Å². The summed E-state index contributed by atoms with van der Waals surface area (Å²) in [6.45, 7) is 2.56. The van der Waals surface area contributed by atoms with Gasteiger partial charge in [0.05, 0.1) is 6.33 Å². The Labute approximate surface area is 122 Å². The van der Waals surface area contributed by atoms with Crippen molar-refractivity contribution in [3.05, 3.63) is 42.4 Å². The van der Waals surface area contributed by atoms with E-state index in [0.29, 0.717) is 17.8 Å². The predicted octanol–water partition coefficient (Wildman–Crippen LogP) is 1.34. The molecule has 0 radical (unpaired) electrons. The highest BCUT2D eigenvalue weighted by Gasteiger charge is 2.17. The Hall–Kier alpha value is -1.93. The van der Waals surface area contributed by atoms with Crippen LogP contribution in [0.5, 0.6) is 0 Å². The van der Waals surface area contributed by atoms with Gasteiger partial charge >= 0.3 is 0 Å². The maximum Gasteiger partial charge on any atom is 0.280 e. The summed E-state index contributed by atoms with van der Waals surface area (Å²) in [5.41, 5.74) is 6.59. The zero-order valence-electron chi connectivity index (χ0n) is 10.8. The maximum absolute atomic E-state index is 12.1. The summed E-state index contributed by atoms with van der Waals surface area (Å²) >= 11 is 4.83. The molecule has 0 bridgehead atoms. The number of sulfonamides is 1. The van der Waals surface area contributed by atoms with Crippen LogP contribution in [-0.2, 0) is 16.6 Å². The smallest absolute Gasteiger partial charge is 0.280 e. The Morgan fingerprint density at radius 3 is 2.55 bits per heavy atom. The van der Waals surface area contributed by atoms with E-state index in [0.717, 1.165) is 0 Å². The number of thiocarbonyl (C=S) groups is 1. The molecule has 0 spiro atoms. The molecule has 0 amide bonds. The normalized spacial score (nSPS) is 11.2. The van der Waals surface area contributed by atoms with Gasteiger partial charge in [-0.15, -0.1) is 0 Å². The van der Waals surface area contributed by atoms with E-state index < -0.39 is 10.0 Å². The minimum Gasteiger partial charge on any atom is -0.389 e. The first kappa shape index (κ1) is 14.5. The lowest BCUT2D eigenvalue weighted by atomic mass is 10.2. The molecule has 1 aromatic carbocycles. The number of nitrogens with one attached hydrogen (secondary N) is 1. The molecule has 0 saturated carbocycles. The molecule has 0 aliphatic heterocycles. The summed E-state index contributed by atoms with van der Waals surface area (Å²) in [4.78, 5) is 4.14. The lowest BCUT2D eigenvalue weighted by Gasteiger charge is -2.06. The van der Waals surface area contributed by atoms with Crippen molar-refractivity contribution in [3.8, 4) is 0 Å². The van der Waals surface area contributed by atoms with Gasteiger partial charge < -0.3 is 10.3 Å². The fourth-order valence-electron chi connectivity index (χ4n) is 1.56. The highest BCUT2D eigenvalue weighted by atomic mass is 32.2. The Kier molecular flexibility index (Phi) is 4.05. The second kappa shape index (κ2) is 5.59. The monoisotopic (exact) mass is 310 g/mol. The van der Waals surface area contributed by atoms with Crippen LogP contribution in [-0.4, -0.2) is 23.0 Å². The standard InChI is InChI=1S/C12H14N4O2S2/c1-2-16-7-11(14-8-16)20(17,18)15-10-5-3-9(4-6-10)12(13)19/h3-8,15H,2H2,1H3,(H2,13,19). The van der Waals surface area contributed by atoms with Gasteiger partial charge in [-0.05, 0) is 31.2 Å². The first-order valence-electron chi connectivity index (χ1n) is 5.87. The topological polar surface area (TPSA) is 90.0 Å². The average Bonchev–Trinajstić information content (AvgIpc) is 2.88. The van der Waals surface area contributed by atoms with Crippen molar-refractivity contribution < 1.29 is 8.42 Å². The first-order valence-corrected chi connectivity index (χ1v) is 7.76. The second-order valence-electron chi connectivity index (χ2n) is 4.09. The number of hydrogen-bond donors (Lipinski definition) is 2. The number of aryl methyl sites for hydroxylation is 1. The molecule has 0 saturated heterocycles. The molecule has 8 heteroatoms. The summed E-state index contributed by atoms with van der Waals surface area (Å²) in [5.74, 6) is 0. The van der Waals surface area contributed by atoms with E-state index in [4.69, 9.17) is 18.0 Å². The Morgan fingerprint density at radius 1 is 1.40 bits per heavy atom. The molecule has 2 aromatic rings. The van der Waals surface area contributed by atoms with Crippen LogP contribution >= 0.6 is 12.2 Å². The van der Waals surface area contributed by atoms with Gasteiger partial charge in [0.1, 0.15) is 4.99 Å². The van der Waals surface area contributed by atoms with Crippen molar-refractivity contribution in [2.45, 2.75) is 18.5 Å². The molecule has 0 aliphatic carbocycles. The van der Waals surface area contributed by atoms with Crippen LogP contribution in [0, 0.1) is 0 Å². The summed E-state index contributed by atoms with van der Waals surface area (Å²) in [6, 6.07) is 6.52. The maximum atomic E-state index is 12.1. The van der Waals surface area contributed by atoms with E-state index in [1.807, 2.05) is 6.92 Å². The second-order valence-corrected chi connectivity index (χ2v) is 6.16. The Morgan fingerprint density at radius 2 is 2.05 bits per heavy atom. The summed E-state index contributed by atoms with van der Waals surface area (Å²) in [5, 5.41) is -0.0160. The van der Waals surface area contributed by atoms with Gasteiger partial charge in [-0.3, -0.25) is 4.72 Å². The number of hydrogen-bond acceptors (Lipinski definition) is 4. The molecule has 0 atom stereocenters. The molecule has 2 rings (SSSR count). The molecule has 106 valence electrons. The van der Waals surface area contributed by atoms with Gasteiger partial charge in [-0.1, -0.05) is 12.2 Å². The van der Waals surface area contributed by atoms with Crippen molar-refractivity contribution in [3.63, 3.8) is 0 Å². The molecular formula is C12H14N4O2S2. The van der Waals surface area contributed by atoms with E-state index in [1.54, 1.807) is 28.8 Å². The van der Waals surface area contributed by atoms with Gasteiger partial charge in [-0.25, -0.2) is 4.98 Å². The van der Waals surface area contributed by atoms with E-state index in [1.165, 1.54) is 12.5 Å². The van der Waals surface area contributed by atoms with Crippen LogP contribution < -0.4 is 10.5 Å². The van der Waals surface area contributed by atoms with E-state index in [-0.39, 0.29) is 10.0 Å². The number of rotatable bonds is 5. The molecular weight excluding hydrogens is 296 g/mol. The molecule has 0 fully saturated rings. The molecule has 1 aromatic heterocycles. The van der Waals surface area contributed by atoms with Gasteiger partial charge in [-0.2, -0.15) is 8.42 Å². The summed E-state index contributed by atoms with van der Waals surface area (Å²) in [7, 11) is -3.68. The van der Waals surface area contributed by atoms with Crippen LogP contribution in [0.2, 0.25) is 0 Å².